The Balaban J connectivity index is 0.000000413. The van der Waals surface area contributed by atoms with Crippen LogP contribution in [0.5, 0.6) is 0 Å². The highest BCUT2D eigenvalue weighted by molar-refractivity contribution is 5.73. The number of piperidine rings is 1. The van der Waals surface area contributed by atoms with Crippen LogP contribution in [-0.4, -0.2) is 105 Å². The molecule has 2 fully saturated rings. The number of nitrogens with zero attached hydrogens (tertiary/aromatic N) is 3. The van der Waals surface area contributed by atoms with Gasteiger partial charge in [0.05, 0.1) is 12.6 Å². The zero-order valence-electron chi connectivity index (χ0n) is 24.1. The fraction of sp³-hybridized carbons (Fsp3) is 0.538. The number of rotatable bonds is 5. The van der Waals surface area contributed by atoms with Crippen molar-refractivity contribution in [2.75, 3.05) is 26.7 Å². The normalized spacial score (nSPS) is 20.1. The van der Waals surface area contributed by atoms with Crippen LogP contribution in [0.3, 0.4) is 0 Å². The van der Waals surface area contributed by atoms with Crippen molar-refractivity contribution < 1.29 is 78.4 Å². The molecule has 3 atom stereocenters. The molecule has 3 N–H and O–H groups in total. The lowest BCUT2D eigenvalue weighted by molar-refractivity contribution is -0.193. The summed E-state index contributed by atoms with van der Waals surface area (Å²) in [7, 11) is 1.86. The lowest BCUT2D eigenvalue weighted by atomic mass is 9.89. The number of methoxy groups -OCH3 is 1. The predicted molar refractivity (Wildman–Crippen MR) is 137 cm³/mol. The largest absolute Gasteiger partial charge is 0.490 e. The number of ether oxygens (including phenoxy) is 1. The van der Waals surface area contributed by atoms with E-state index in [2.05, 4.69) is 33.0 Å². The smallest absolute Gasteiger partial charge is 0.475 e. The van der Waals surface area contributed by atoms with Crippen molar-refractivity contribution in [3.05, 3.63) is 53.7 Å². The monoisotopic (exact) mass is 683 g/mol. The Morgan fingerprint density at radius 2 is 1.41 bits per heavy atom. The number of alkyl halides is 9. The number of carboxylic acids is 3. The van der Waals surface area contributed by atoms with Crippen molar-refractivity contribution in [3.63, 3.8) is 0 Å². The Morgan fingerprint density at radius 1 is 0.891 bits per heavy atom. The van der Waals surface area contributed by atoms with Crippen LogP contribution in [0.2, 0.25) is 0 Å². The van der Waals surface area contributed by atoms with Gasteiger partial charge in [0, 0.05) is 57.6 Å². The lowest BCUT2D eigenvalue weighted by Crippen LogP contribution is -2.50. The Kier molecular flexibility index (Phi) is 14.9. The molecule has 46 heavy (non-hydrogen) atoms. The maximum Gasteiger partial charge on any atom is 0.490 e. The van der Waals surface area contributed by atoms with Gasteiger partial charge in [-0.1, -0.05) is 6.07 Å². The maximum absolute atomic E-state index is 10.6. The van der Waals surface area contributed by atoms with Gasteiger partial charge in [-0.2, -0.15) is 39.5 Å². The first-order chi connectivity index (χ1) is 21.1. The van der Waals surface area contributed by atoms with Crippen molar-refractivity contribution in [1.29, 1.82) is 0 Å². The van der Waals surface area contributed by atoms with Crippen LogP contribution >= 0.6 is 0 Å². The van der Waals surface area contributed by atoms with Crippen LogP contribution in [0.25, 0.3) is 0 Å². The Morgan fingerprint density at radius 3 is 1.80 bits per heavy atom. The first-order valence-electron chi connectivity index (χ1n) is 12.9. The number of carbonyl (C=O) groups is 3. The van der Waals surface area contributed by atoms with Gasteiger partial charge in [-0.15, -0.1) is 0 Å². The molecular formula is C26H30F9N3O8. The van der Waals surface area contributed by atoms with Crippen molar-refractivity contribution >= 4 is 17.9 Å². The summed E-state index contributed by atoms with van der Waals surface area (Å²) in [6, 6.07) is 8.86. The minimum absolute atomic E-state index is 0.360. The predicted octanol–water partition coefficient (Wildman–Crippen LogP) is 4.60. The van der Waals surface area contributed by atoms with E-state index in [0.717, 1.165) is 50.7 Å². The first-order valence-corrected chi connectivity index (χ1v) is 12.9. The lowest BCUT2D eigenvalue weighted by Gasteiger charge is -2.40. The number of likely N-dealkylation sites (tertiary alicyclic amines) is 2. The van der Waals surface area contributed by atoms with Crippen molar-refractivity contribution in [2.24, 2.45) is 5.92 Å². The van der Waals surface area contributed by atoms with Gasteiger partial charge in [0.2, 0.25) is 0 Å². The van der Waals surface area contributed by atoms with E-state index in [1.54, 1.807) is 0 Å². The highest BCUT2D eigenvalue weighted by Crippen LogP contribution is 2.34. The number of hydrogen-bond donors (Lipinski definition) is 3. The van der Waals surface area contributed by atoms with Crippen molar-refractivity contribution in [3.8, 4) is 0 Å². The number of aryl methyl sites for hydroxylation is 1. The number of aliphatic carboxylic acids is 3. The molecule has 2 saturated heterocycles. The van der Waals surface area contributed by atoms with Gasteiger partial charge in [-0.05, 0) is 37.1 Å². The van der Waals surface area contributed by atoms with Crippen LogP contribution in [0.4, 0.5) is 39.5 Å². The van der Waals surface area contributed by atoms with Gasteiger partial charge in [-0.25, -0.2) is 14.4 Å². The summed E-state index contributed by atoms with van der Waals surface area (Å²) in [4.78, 5) is 36.1. The number of halogens is 9. The molecule has 4 rings (SSSR count). The molecule has 260 valence electrons. The number of pyridine rings is 1. The zero-order chi connectivity index (χ0) is 35.5. The van der Waals surface area contributed by atoms with E-state index in [0.29, 0.717) is 18.1 Å². The maximum atomic E-state index is 10.6. The third-order valence-electron chi connectivity index (χ3n) is 6.37. The summed E-state index contributed by atoms with van der Waals surface area (Å²) in [5.74, 6) is -5.65. The number of fused-ring (bicyclic) bond motifs is 1. The number of furan rings is 1. The molecule has 2 aromatic rings. The van der Waals surface area contributed by atoms with Gasteiger partial charge in [-0.3, -0.25) is 14.8 Å². The molecule has 11 nitrogen and oxygen atoms in total. The van der Waals surface area contributed by atoms with Crippen LogP contribution in [0.15, 0.2) is 41.1 Å². The van der Waals surface area contributed by atoms with Gasteiger partial charge in [0.15, 0.2) is 0 Å². The molecule has 4 heterocycles. The average Bonchev–Trinajstić information content (AvgIpc) is 3.55. The summed E-state index contributed by atoms with van der Waals surface area (Å²) in [6.07, 6.45) is -9.99. The summed E-state index contributed by atoms with van der Waals surface area (Å²) < 4.78 is 107. The molecule has 0 radical (unpaired) electrons. The van der Waals surface area contributed by atoms with Crippen LogP contribution in [-0.2, 0) is 32.2 Å². The Hall–Kier alpha value is -3.91. The fourth-order valence-corrected chi connectivity index (χ4v) is 4.46. The molecule has 0 amide bonds. The second-order valence-electron chi connectivity index (χ2n) is 9.74. The van der Waals surface area contributed by atoms with Crippen molar-refractivity contribution in [2.45, 2.75) is 57.1 Å². The van der Waals surface area contributed by atoms with E-state index in [1.165, 1.54) is 5.56 Å². The molecular weight excluding hydrogens is 653 g/mol. The zero-order valence-corrected chi connectivity index (χ0v) is 24.1. The van der Waals surface area contributed by atoms with Crippen LogP contribution in [0, 0.1) is 12.8 Å². The summed E-state index contributed by atoms with van der Waals surface area (Å²) in [6.45, 7) is 7.11. The number of carboxylic acid groups (broad SMARTS) is 3. The summed E-state index contributed by atoms with van der Waals surface area (Å²) in [5.41, 5.74) is 1.28. The van der Waals surface area contributed by atoms with Crippen LogP contribution < -0.4 is 0 Å². The van der Waals surface area contributed by atoms with Crippen LogP contribution in [0.1, 0.15) is 23.5 Å². The van der Waals surface area contributed by atoms with Gasteiger partial charge >= 0.3 is 36.4 Å². The van der Waals surface area contributed by atoms with E-state index in [-0.39, 0.29) is 0 Å². The molecule has 0 aromatic carbocycles. The standard InChI is InChI=1S/C20H27N3O2.3C2HF3O2/c1-15-5-6-17(25-15)12-23-9-7-20(24-2)18-13-22(14-19(18)23)11-16-4-3-8-21-10-16;3*3-2(4,5)1(6)7/h3-6,8,10,18-20H,7,9,11-14H2,1-2H3;3*(H,6,7)/t18-,19+,20-;;;/m0.../s1. The number of hydrogen-bond acceptors (Lipinski definition) is 8. The van der Waals surface area contributed by atoms with E-state index in [4.69, 9.17) is 38.9 Å². The molecule has 2 aliphatic heterocycles. The molecule has 0 unspecified atom stereocenters. The minimum Gasteiger partial charge on any atom is -0.475 e. The summed E-state index contributed by atoms with van der Waals surface area (Å²) >= 11 is 0. The topological polar surface area (TPSA) is 154 Å². The van der Waals surface area contributed by atoms with E-state index >= 15 is 0 Å². The Bertz CT molecular complexity index is 1200. The van der Waals surface area contributed by atoms with Gasteiger partial charge in [0.25, 0.3) is 0 Å². The van der Waals surface area contributed by atoms with Gasteiger partial charge in [0.1, 0.15) is 11.5 Å². The molecule has 2 aromatic heterocycles. The molecule has 0 aliphatic carbocycles. The summed E-state index contributed by atoms with van der Waals surface area (Å²) in [5, 5.41) is 21.4. The van der Waals surface area contributed by atoms with Crippen molar-refractivity contribution in [1.82, 2.24) is 14.8 Å². The second-order valence-corrected chi connectivity index (χ2v) is 9.74. The molecule has 0 spiro atoms. The second kappa shape index (κ2) is 17.1. The van der Waals surface area contributed by atoms with Gasteiger partial charge < -0.3 is 24.5 Å². The fourth-order valence-electron chi connectivity index (χ4n) is 4.46. The molecule has 20 heteroatoms. The van der Waals surface area contributed by atoms with E-state index < -0.39 is 36.4 Å². The number of aromatic nitrogens is 1. The highest BCUT2D eigenvalue weighted by atomic mass is 19.4. The SMILES string of the molecule is CO[C@H]1CCN(Cc2ccc(C)o2)[C@@H]2CN(Cc3cccnc3)C[C@H]12.O=C(O)C(F)(F)F.O=C(O)C(F)(F)F.O=C(O)C(F)(F)F. The molecule has 0 saturated carbocycles. The minimum atomic E-state index is -5.08. The van der Waals surface area contributed by atoms with E-state index in [9.17, 15) is 39.5 Å². The average molecular weight is 684 g/mol. The first kappa shape index (κ1) is 40.1. The van der Waals surface area contributed by atoms with E-state index in [1.807, 2.05) is 32.5 Å². The highest BCUT2D eigenvalue weighted by Gasteiger charge is 2.44. The third kappa shape index (κ3) is 14.0. The molecule has 0 bridgehead atoms. The third-order valence-corrected chi connectivity index (χ3v) is 6.37. The molecule has 2 aliphatic rings. The Labute approximate surface area is 255 Å². The quantitative estimate of drug-likeness (QED) is 0.379.